The number of fused-ring (bicyclic) bond motifs is 1. The highest BCUT2D eigenvalue weighted by Crippen LogP contribution is 2.38. The topological polar surface area (TPSA) is 37.3 Å². The summed E-state index contributed by atoms with van der Waals surface area (Å²) in [6.07, 6.45) is 3.43. The van der Waals surface area contributed by atoms with Crippen LogP contribution in [0.2, 0.25) is 0 Å². The maximum Gasteiger partial charge on any atom is 0.199 e. The molecule has 0 heterocycles. The van der Waals surface area contributed by atoms with Gasteiger partial charge in [-0.1, -0.05) is 51.1 Å². The molecular formula is C14H16O2. The van der Waals surface area contributed by atoms with Crippen molar-refractivity contribution in [3.63, 3.8) is 0 Å². The van der Waals surface area contributed by atoms with Crippen LogP contribution in [0.4, 0.5) is 0 Å². The van der Waals surface area contributed by atoms with Crippen molar-refractivity contribution in [3.8, 4) is 0 Å². The van der Waals surface area contributed by atoms with E-state index < -0.39 is 11.0 Å². The molecule has 0 aromatic heterocycles. The van der Waals surface area contributed by atoms with Gasteiger partial charge in [-0.2, -0.15) is 0 Å². The van der Waals surface area contributed by atoms with Crippen molar-refractivity contribution in [2.75, 3.05) is 0 Å². The van der Waals surface area contributed by atoms with Crippen LogP contribution < -0.4 is 0 Å². The van der Waals surface area contributed by atoms with E-state index in [-0.39, 0.29) is 5.78 Å². The van der Waals surface area contributed by atoms with E-state index in [1.165, 1.54) is 0 Å². The number of ketones is 1. The zero-order valence-corrected chi connectivity index (χ0v) is 9.82. The zero-order chi connectivity index (χ0) is 12.0. The molecule has 16 heavy (non-hydrogen) atoms. The van der Waals surface area contributed by atoms with Crippen LogP contribution >= 0.6 is 0 Å². The molecule has 0 bridgehead atoms. The van der Waals surface area contributed by atoms with Crippen molar-refractivity contribution in [3.05, 3.63) is 41.5 Å². The molecule has 2 rings (SSSR count). The summed E-state index contributed by atoms with van der Waals surface area (Å²) >= 11 is 0. The third kappa shape index (κ3) is 1.41. The minimum atomic E-state index is -1.40. The van der Waals surface area contributed by atoms with E-state index in [0.29, 0.717) is 5.56 Å². The average Bonchev–Trinajstić information content (AvgIpc) is 2.22. The number of benzene rings is 1. The molecule has 0 spiro atoms. The van der Waals surface area contributed by atoms with E-state index in [1.807, 2.05) is 45.0 Å². The summed E-state index contributed by atoms with van der Waals surface area (Å²) in [5.41, 5.74) is -0.431. The van der Waals surface area contributed by atoms with Gasteiger partial charge >= 0.3 is 0 Å². The molecule has 1 aromatic carbocycles. The second kappa shape index (κ2) is 3.29. The van der Waals surface area contributed by atoms with Crippen molar-refractivity contribution in [2.45, 2.75) is 26.4 Å². The van der Waals surface area contributed by atoms with Gasteiger partial charge in [-0.15, -0.1) is 0 Å². The third-order valence-electron chi connectivity index (χ3n) is 3.20. The Balaban J connectivity index is 2.58. The second-order valence-corrected chi connectivity index (χ2v) is 5.27. The molecule has 1 unspecified atom stereocenters. The number of Topliss-reactive ketones (excluding diaryl/α,β-unsaturated/α-hetero) is 1. The molecule has 1 N–H and O–H groups in total. The lowest BCUT2D eigenvalue weighted by atomic mass is 9.69. The summed E-state index contributed by atoms with van der Waals surface area (Å²) in [5.74, 6) is -0.210. The Morgan fingerprint density at radius 1 is 1.19 bits per heavy atom. The lowest BCUT2D eigenvalue weighted by Gasteiger charge is -2.38. The van der Waals surface area contributed by atoms with Gasteiger partial charge in [-0.05, 0) is 11.6 Å². The summed E-state index contributed by atoms with van der Waals surface area (Å²) in [5, 5.41) is 10.5. The van der Waals surface area contributed by atoms with Crippen LogP contribution in [0, 0.1) is 5.41 Å². The molecule has 0 saturated heterocycles. The summed E-state index contributed by atoms with van der Waals surface area (Å²) in [6.45, 7) is 5.59. The first-order chi connectivity index (χ1) is 7.36. The minimum Gasteiger partial charge on any atom is -0.377 e. The largest absolute Gasteiger partial charge is 0.377 e. The maximum atomic E-state index is 12.3. The molecule has 0 fully saturated rings. The first-order valence-corrected chi connectivity index (χ1v) is 5.42. The predicted octanol–water partition coefficient (Wildman–Crippen LogP) is 2.67. The highest BCUT2D eigenvalue weighted by Gasteiger charge is 2.46. The molecule has 0 aliphatic heterocycles. The molecule has 84 valence electrons. The fourth-order valence-corrected chi connectivity index (χ4v) is 1.93. The van der Waals surface area contributed by atoms with Crippen LogP contribution in [0.5, 0.6) is 0 Å². The monoisotopic (exact) mass is 216 g/mol. The van der Waals surface area contributed by atoms with Gasteiger partial charge in [0.25, 0.3) is 0 Å². The fraction of sp³-hybridized carbons (Fsp3) is 0.357. The summed E-state index contributed by atoms with van der Waals surface area (Å²) < 4.78 is 0. The molecule has 2 heteroatoms. The van der Waals surface area contributed by atoms with Crippen LogP contribution in [0.3, 0.4) is 0 Å². The highest BCUT2D eigenvalue weighted by molar-refractivity contribution is 6.09. The molecule has 2 nitrogen and oxygen atoms in total. The molecule has 1 atom stereocenters. The van der Waals surface area contributed by atoms with Crippen molar-refractivity contribution >= 4 is 11.9 Å². The fourth-order valence-electron chi connectivity index (χ4n) is 1.93. The number of carbonyl (C=O) groups excluding carboxylic acids is 1. The van der Waals surface area contributed by atoms with Gasteiger partial charge < -0.3 is 5.11 Å². The molecule has 1 aromatic rings. The highest BCUT2D eigenvalue weighted by atomic mass is 16.3. The van der Waals surface area contributed by atoms with E-state index in [1.54, 1.807) is 12.1 Å². The van der Waals surface area contributed by atoms with Crippen molar-refractivity contribution in [1.29, 1.82) is 0 Å². The van der Waals surface area contributed by atoms with Crippen LogP contribution in [-0.4, -0.2) is 16.5 Å². The first-order valence-electron chi connectivity index (χ1n) is 5.42. The van der Waals surface area contributed by atoms with Gasteiger partial charge in [-0.25, -0.2) is 0 Å². The van der Waals surface area contributed by atoms with Crippen molar-refractivity contribution in [1.82, 2.24) is 0 Å². The maximum absolute atomic E-state index is 12.3. The Hall–Kier alpha value is -1.41. The number of hydrogen-bond acceptors (Lipinski definition) is 2. The number of aliphatic hydroxyl groups is 1. The quantitative estimate of drug-likeness (QED) is 0.724. The van der Waals surface area contributed by atoms with E-state index in [4.69, 9.17) is 0 Å². The summed E-state index contributed by atoms with van der Waals surface area (Å²) in [4.78, 5) is 12.3. The molecular weight excluding hydrogens is 200 g/mol. The molecule has 0 saturated carbocycles. The van der Waals surface area contributed by atoms with E-state index in [0.717, 1.165) is 5.56 Å². The minimum absolute atomic E-state index is 0.210. The standard InChI is InChI=1S/C14H16O2/c1-13(2,3)14(16)9-8-10-6-4-5-7-11(10)12(14)15/h4-9,16H,1-3H3. The summed E-state index contributed by atoms with van der Waals surface area (Å²) in [6, 6.07) is 7.35. The zero-order valence-electron chi connectivity index (χ0n) is 9.82. The number of hydrogen-bond donors (Lipinski definition) is 1. The normalized spacial score (nSPS) is 24.4. The number of rotatable bonds is 0. The van der Waals surface area contributed by atoms with E-state index >= 15 is 0 Å². The Bertz CT molecular complexity index is 466. The lowest BCUT2D eigenvalue weighted by molar-refractivity contribution is -0.000145. The smallest absolute Gasteiger partial charge is 0.199 e. The van der Waals surface area contributed by atoms with Crippen LogP contribution in [-0.2, 0) is 0 Å². The third-order valence-corrected chi connectivity index (χ3v) is 3.20. The lowest BCUT2D eigenvalue weighted by Crippen LogP contribution is -2.49. The van der Waals surface area contributed by atoms with Gasteiger partial charge in [0.2, 0.25) is 0 Å². The van der Waals surface area contributed by atoms with Crippen LogP contribution in [0.15, 0.2) is 30.3 Å². The Morgan fingerprint density at radius 3 is 2.44 bits per heavy atom. The van der Waals surface area contributed by atoms with E-state index in [9.17, 15) is 9.90 Å². The van der Waals surface area contributed by atoms with Crippen LogP contribution in [0.25, 0.3) is 6.08 Å². The van der Waals surface area contributed by atoms with E-state index in [2.05, 4.69) is 0 Å². The molecule has 1 aliphatic carbocycles. The van der Waals surface area contributed by atoms with Crippen molar-refractivity contribution in [2.24, 2.45) is 5.41 Å². The molecule has 0 radical (unpaired) electrons. The Morgan fingerprint density at radius 2 is 1.81 bits per heavy atom. The number of carbonyl (C=O) groups is 1. The Labute approximate surface area is 95.6 Å². The molecule has 1 aliphatic rings. The van der Waals surface area contributed by atoms with Crippen molar-refractivity contribution < 1.29 is 9.90 Å². The summed E-state index contributed by atoms with van der Waals surface area (Å²) in [7, 11) is 0. The second-order valence-electron chi connectivity index (χ2n) is 5.27. The van der Waals surface area contributed by atoms with Gasteiger partial charge in [0, 0.05) is 11.0 Å². The van der Waals surface area contributed by atoms with Gasteiger partial charge in [-0.3, -0.25) is 4.79 Å². The Kier molecular flexibility index (Phi) is 2.28. The first kappa shape index (κ1) is 11.1. The average molecular weight is 216 g/mol. The molecule has 0 amide bonds. The van der Waals surface area contributed by atoms with Gasteiger partial charge in [0.05, 0.1) is 0 Å². The van der Waals surface area contributed by atoms with Gasteiger partial charge in [0.15, 0.2) is 11.4 Å². The van der Waals surface area contributed by atoms with Crippen LogP contribution in [0.1, 0.15) is 36.7 Å². The van der Waals surface area contributed by atoms with Gasteiger partial charge in [0.1, 0.15) is 0 Å². The predicted molar refractivity (Wildman–Crippen MR) is 64.2 cm³/mol. The SMILES string of the molecule is CC(C)(C)C1(O)C=Cc2ccccc2C1=O.